The first-order chi connectivity index (χ1) is 16.2. The van der Waals surface area contributed by atoms with Crippen molar-refractivity contribution in [3.8, 4) is 0 Å². The molecule has 0 fully saturated rings. The zero-order chi connectivity index (χ0) is 30.0. The molecule has 13 heteroatoms. The van der Waals surface area contributed by atoms with E-state index >= 15 is 0 Å². The molecule has 222 valence electrons. The van der Waals surface area contributed by atoms with Crippen LogP contribution in [0.15, 0.2) is 0 Å². The molecule has 0 bridgehead atoms. The molecule has 2 nitrogen and oxygen atoms in total. The molecule has 0 saturated heterocycles. The van der Waals surface area contributed by atoms with Gasteiger partial charge in [-0.25, -0.2) is 0 Å². The molecule has 0 heterocycles. The Bertz CT molecular complexity index is 597. The quantitative estimate of drug-likeness (QED) is 0.115. The molecule has 0 saturated carbocycles. The van der Waals surface area contributed by atoms with E-state index < -0.39 is 108 Å². The van der Waals surface area contributed by atoms with E-state index in [4.69, 9.17) is 6.15 Å². The number of hydrogen-bond acceptors (Lipinski definition) is 2. The SMILES string of the molecule is CC(C)(C)P(CC([O][Sn][O]C(CP(C(C)(C)C)C(C)(C)C)(C(F)F)C(F)F)(C(F)F)C(F)F)C(C)(C)C. The predicted octanol–water partition coefficient (Wildman–Crippen LogP) is 9.25. The summed E-state index contributed by atoms with van der Waals surface area (Å²) in [5, 5.41) is -2.49. The van der Waals surface area contributed by atoms with E-state index in [1.807, 2.05) is 0 Å². The van der Waals surface area contributed by atoms with Crippen LogP contribution >= 0.6 is 15.8 Å². The normalized spacial score (nSPS) is 15.4. The molecular weight excluding hydrogens is 653 g/mol. The second kappa shape index (κ2) is 13.3. The molecule has 0 spiro atoms. The zero-order valence-corrected chi connectivity index (χ0v) is 28.6. The summed E-state index contributed by atoms with van der Waals surface area (Å²) in [7, 11) is -3.03. The maximum atomic E-state index is 14.3. The van der Waals surface area contributed by atoms with Gasteiger partial charge in [0.25, 0.3) is 0 Å². The van der Waals surface area contributed by atoms with Crippen molar-refractivity contribution in [2.45, 2.75) is 141 Å². The van der Waals surface area contributed by atoms with Crippen LogP contribution in [0.5, 0.6) is 0 Å². The van der Waals surface area contributed by atoms with E-state index in [1.54, 1.807) is 83.1 Å². The summed E-state index contributed by atoms with van der Waals surface area (Å²) >= 11 is -3.48. The average molecular weight is 697 g/mol. The second-order valence-corrected chi connectivity index (χ2v) is 22.6. The Morgan fingerprint density at radius 1 is 0.459 bits per heavy atom. The Kier molecular flexibility index (Phi) is 13.7. The molecule has 0 aliphatic rings. The van der Waals surface area contributed by atoms with E-state index in [1.165, 1.54) is 0 Å². The van der Waals surface area contributed by atoms with Crippen molar-refractivity contribution in [1.29, 1.82) is 0 Å². The predicted molar refractivity (Wildman–Crippen MR) is 140 cm³/mol. The van der Waals surface area contributed by atoms with E-state index in [2.05, 4.69) is 0 Å². The molecule has 0 rings (SSSR count). The topological polar surface area (TPSA) is 18.5 Å². The van der Waals surface area contributed by atoms with Gasteiger partial charge in [-0.15, -0.1) is 0 Å². The summed E-state index contributed by atoms with van der Waals surface area (Å²) in [5.41, 5.74) is -6.57. The standard InChI is InChI=1S/2C12H22F4OP.Sn/c2*1-10(2,3)18(11(4,5)6)7-12(17,8(13)14)9(15)16;/h2*8-9H,7H2,1-6H3;/q2*-1;+2. The van der Waals surface area contributed by atoms with Crippen LogP contribution in [0, 0.1) is 0 Å². The van der Waals surface area contributed by atoms with Crippen molar-refractivity contribution in [2.24, 2.45) is 0 Å². The Balaban J connectivity index is 6.41. The summed E-state index contributed by atoms with van der Waals surface area (Å²) < 4.78 is 124. The van der Waals surface area contributed by atoms with Crippen LogP contribution in [-0.4, -0.2) is 91.8 Å². The minimum absolute atomic E-state index is 0.622. The molecule has 37 heavy (non-hydrogen) atoms. The zero-order valence-electron chi connectivity index (χ0n) is 24.0. The van der Waals surface area contributed by atoms with Crippen molar-refractivity contribution in [2.75, 3.05) is 12.3 Å². The fourth-order valence-electron chi connectivity index (χ4n) is 4.34. The van der Waals surface area contributed by atoms with Gasteiger partial charge < -0.3 is 0 Å². The van der Waals surface area contributed by atoms with Crippen molar-refractivity contribution in [3.63, 3.8) is 0 Å². The Hall–Kier alpha value is 1.02. The van der Waals surface area contributed by atoms with Crippen LogP contribution in [0.25, 0.3) is 0 Å². The van der Waals surface area contributed by atoms with Crippen molar-refractivity contribution in [3.05, 3.63) is 0 Å². The van der Waals surface area contributed by atoms with Gasteiger partial charge in [-0.05, 0) is 0 Å². The van der Waals surface area contributed by atoms with Crippen molar-refractivity contribution in [1.82, 2.24) is 0 Å². The van der Waals surface area contributed by atoms with Gasteiger partial charge >= 0.3 is 232 Å². The third-order valence-electron chi connectivity index (χ3n) is 5.99. The van der Waals surface area contributed by atoms with Crippen LogP contribution in [0.4, 0.5) is 35.1 Å². The Morgan fingerprint density at radius 3 is 0.784 bits per heavy atom. The van der Waals surface area contributed by atoms with Crippen LogP contribution < -0.4 is 0 Å². The summed E-state index contributed by atoms with van der Waals surface area (Å²) in [6, 6.07) is 0. The van der Waals surface area contributed by atoms with Gasteiger partial charge in [0.2, 0.25) is 0 Å². The van der Waals surface area contributed by atoms with Crippen molar-refractivity contribution < 1.29 is 41.3 Å². The summed E-state index contributed by atoms with van der Waals surface area (Å²) in [6.07, 6.45) is -16.1. The number of rotatable bonds is 12. The molecule has 0 aromatic rings. The van der Waals surface area contributed by atoms with Gasteiger partial charge in [-0.3, -0.25) is 0 Å². The van der Waals surface area contributed by atoms with E-state index in [9.17, 15) is 35.1 Å². The van der Waals surface area contributed by atoms with Crippen LogP contribution in [0.3, 0.4) is 0 Å². The summed E-state index contributed by atoms with van der Waals surface area (Å²) in [6.45, 7) is 21.0. The molecule has 0 aromatic carbocycles. The Morgan fingerprint density at radius 2 is 0.649 bits per heavy atom. The maximum absolute atomic E-state index is 14.3. The van der Waals surface area contributed by atoms with Gasteiger partial charge in [-0.1, -0.05) is 0 Å². The molecule has 0 aliphatic heterocycles. The van der Waals surface area contributed by atoms with Crippen LogP contribution in [0.2, 0.25) is 0 Å². The third-order valence-corrected chi connectivity index (χ3v) is 16.7. The monoisotopic (exact) mass is 698 g/mol. The van der Waals surface area contributed by atoms with E-state index in [-0.39, 0.29) is 0 Å². The number of halogens is 8. The summed E-state index contributed by atoms with van der Waals surface area (Å²) in [5.74, 6) is 0. The molecule has 0 aliphatic carbocycles. The molecule has 0 amide bonds. The molecular formula is C24H44F8O2P2Sn. The minimum atomic E-state index is -3.67. The van der Waals surface area contributed by atoms with Gasteiger partial charge in [0.1, 0.15) is 0 Å². The number of hydrogen-bond donors (Lipinski definition) is 0. The Labute approximate surface area is 231 Å². The van der Waals surface area contributed by atoms with Crippen LogP contribution in [0.1, 0.15) is 83.1 Å². The van der Waals surface area contributed by atoms with Crippen molar-refractivity contribution >= 4 is 37.8 Å². The van der Waals surface area contributed by atoms with E-state index in [0.717, 1.165) is 0 Å². The molecule has 0 aromatic heterocycles. The fraction of sp³-hybridized carbons (Fsp3) is 1.00. The first-order valence-electron chi connectivity index (χ1n) is 12.0. The van der Waals surface area contributed by atoms with Crippen LogP contribution in [-0.2, 0) is 6.15 Å². The van der Waals surface area contributed by atoms with Gasteiger partial charge in [0.15, 0.2) is 0 Å². The molecule has 2 radical (unpaired) electrons. The average Bonchev–Trinajstić information content (AvgIpc) is 2.61. The summed E-state index contributed by atoms with van der Waals surface area (Å²) in [4.78, 5) is 0. The van der Waals surface area contributed by atoms with Gasteiger partial charge in [-0.2, -0.15) is 0 Å². The fourth-order valence-corrected chi connectivity index (χ4v) is 15.1. The molecule has 0 N–H and O–H groups in total. The number of alkyl halides is 8. The third kappa shape index (κ3) is 10.1. The first kappa shape index (κ1) is 38.0. The molecule has 0 unspecified atom stereocenters. The first-order valence-corrected chi connectivity index (χ1v) is 17.3. The van der Waals surface area contributed by atoms with Gasteiger partial charge in [0, 0.05) is 0 Å². The molecule has 0 atom stereocenters. The second-order valence-electron chi connectivity index (χ2n) is 13.3. The van der Waals surface area contributed by atoms with Gasteiger partial charge in [0.05, 0.1) is 0 Å². The van der Waals surface area contributed by atoms with E-state index in [0.29, 0.717) is 0 Å².